The maximum absolute atomic E-state index is 11.7. The molecule has 1 aliphatic rings. The zero-order valence-corrected chi connectivity index (χ0v) is 14.0. The number of carbonyl (C=O) groups is 1. The summed E-state index contributed by atoms with van der Waals surface area (Å²) in [6.07, 6.45) is 0. The highest BCUT2D eigenvalue weighted by Crippen LogP contribution is 2.22. The number of thioether (sulfide) groups is 1. The Bertz CT molecular complexity index is 500. The third-order valence-corrected chi connectivity index (χ3v) is 4.00. The average Bonchev–Trinajstić information content (AvgIpc) is 2.53. The fraction of sp³-hybridized carbons (Fsp3) is 0.615. The first-order valence-electron chi connectivity index (χ1n) is 6.95. The lowest BCUT2D eigenvalue weighted by Crippen LogP contribution is -2.36. The van der Waals surface area contributed by atoms with Gasteiger partial charge in [-0.15, -0.1) is 0 Å². The van der Waals surface area contributed by atoms with Crippen LogP contribution in [0.4, 0.5) is 5.82 Å². The molecular formula is C13H19ClN4O3S. The lowest BCUT2D eigenvalue weighted by molar-refractivity contribution is -0.118. The molecule has 1 fully saturated rings. The monoisotopic (exact) mass is 346 g/mol. The highest BCUT2D eigenvalue weighted by molar-refractivity contribution is 7.99. The summed E-state index contributed by atoms with van der Waals surface area (Å²) < 4.78 is 10.2. The van der Waals surface area contributed by atoms with Crippen molar-refractivity contribution < 1.29 is 14.3 Å². The molecule has 122 valence electrons. The number of anilines is 1. The first kappa shape index (κ1) is 17.3. The Balaban J connectivity index is 1.90. The van der Waals surface area contributed by atoms with Crippen LogP contribution >= 0.6 is 23.4 Å². The van der Waals surface area contributed by atoms with Crippen LogP contribution in [0.25, 0.3) is 0 Å². The molecule has 1 amide bonds. The topological polar surface area (TPSA) is 76.6 Å². The van der Waals surface area contributed by atoms with Crippen LogP contribution in [0.3, 0.4) is 0 Å². The molecule has 7 nitrogen and oxygen atoms in total. The molecule has 1 N–H and O–H groups in total. The summed E-state index contributed by atoms with van der Waals surface area (Å²) in [6.45, 7) is 3.87. The molecule has 1 aromatic rings. The van der Waals surface area contributed by atoms with Gasteiger partial charge in [-0.3, -0.25) is 4.79 Å². The molecule has 0 aliphatic carbocycles. The summed E-state index contributed by atoms with van der Waals surface area (Å²) in [6, 6.07) is 1.73. The molecule has 2 heterocycles. The van der Waals surface area contributed by atoms with Crippen molar-refractivity contribution in [1.82, 2.24) is 15.3 Å². The van der Waals surface area contributed by atoms with Gasteiger partial charge in [0.25, 0.3) is 0 Å². The van der Waals surface area contributed by atoms with Gasteiger partial charge in [-0.2, -0.15) is 0 Å². The molecule has 0 spiro atoms. The second-order valence-electron chi connectivity index (χ2n) is 4.56. The summed E-state index contributed by atoms with van der Waals surface area (Å²) >= 11 is 7.31. The summed E-state index contributed by atoms with van der Waals surface area (Å²) in [5, 5.41) is 3.62. The molecule has 9 heteroatoms. The minimum atomic E-state index is -0.0847. The lowest BCUT2D eigenvalue weighted by Gasteiger charge is -2.27. The van der Waals surface area contributed by atoms with E-state index >= 15 is 0 Å². The molecule has 1 aliphatic heterocycles. The van der Waals surface area contributed by atoms with Crippen molar-refractivity contribution in [3.8, 4) is 0 Å². The highest BCUT2D eigenvalue weighted by Gasteiger charge is 2.15. The Hall–Kier alpha value is -1.09. The maximum atomic E-state index is 11.7. The first-order chi connectivity index (χ1) is 10.7. The summed E-state index contributed by atoms with van der Waals surface area (Å²) in [5.74, 6) is 0.927. The van der Waals surface area contributed by atoms with Crippen molar-refractivity contribution >= 4 is 35.1 Å². The standard InChI is InChI=1S/C13H19ClN4O3S/c1-20-5-2-15-12(19)9-22-13-16-10(14)8-11(17-13)18-3-6-21-7-4-18/h8H,2-7,9H2,1H3,(H,15,19). The van der Waals surface area contributed by atoms with E-state index in [0.29, 0.717) is 36.7 Å². The summed E-state index contributed by atoms with van der Waals surface area (Å²) in [5.41, 5.74) is 0. The van der Waals surface area contributed by atoms with Crippen LogP contribution in [0.5, 0.6) is 0 Å². The zero-order chi connectivity index (χ0) is 15.8. The van der Waals surface area contributed by atoms with Crippen LogP contribution in [0.15, 0.2) is 11.2 Å². The molecule has 0 aromatic carbocycles. The van der Waals surface area contributed by atoms with Crippen LogP contribution in [0.2, 0.25) is 5.15 Å². The number of hydrogen-bond acceptors (Lipinski definition) is 7. The number of halogens is 1. The summed E-state index contributed by atoms with van der Waals surface area (Å²) in [7, 11) is 1.59. The molecule has 2 rings (SSSR count). The second kappa shape index (κ2) is 9.14. The molecule has 0 unspecified atom stereocenters. The summed E-state index contributed by atoms with van der Waals surface area (Å²) in [4.78, 5) is 22.4. The molecule has 0 radical (unpaired) electrons. The number of rotatable bonds is 7. The normalized spacial score (nSPS) is 14.9. The third kappa shape index (κ3) is 5.60. The highest BCUT2D eigenvalue weighted by atomic mass is 35.5. The van der Waals surface area contributed by atoms with Crippen molar-refractivity contribution in [2.45, 2.75) is 5.16 Å². The van der Waals surface area contributed by atoms with Gasteiger partial charge in [0.15, 0.2) is 5.16 Å². The van der Waals surface area contributed by atoms with Crippen molar-refractivity contribution in [1.29, 1.82) is 0 Å². The van der Waals surface area contributed by atoms with Crippen molar-refractivity contribution in [3.05, 3.63) is 11.2 Å². The number of amides is 1. The fourth-order valence-corrected chi connectivity index (χ4v) is 2.79. The molecule has 1 aromatic heterocycles. The van der Waals surface area contributed by atoms with Crippen LogP contribution in [-0.2, 0) is 14.3 Å². The van der Waals surface area contributed by atoms with E-state index in [1.807, 2.05) is 0 Å². The lowest BCUT2D eigenvalue weighted by atomic mass is 10.4. The van der Waals surface area contributed by atoms with Crippen molar-refractivity contribution in [3.63, 3.8) is 0 Å². The number of nitrogens with one attached hydrogen (secondary N) is 1. The molecule has 0 bridgehead atoms. The first-order valence-corrected chi connectivity index (χ1v) is 8.31. The van der Waals surface area contributed by atoms with E-state index in [1.165, 1.54) is 11.8 Å². The molecule has 0 saturated carbocycles. The minimum absolute atomic E-state index is 0.0847. The van der Waals surface area contributed by atoms with Gasteiger partial charge in [0.1, 0.15) is 11.0 Å². The Labute approximate surface area is 138 Å². The van der Waals surface area contributed by atoms with Gasteiger partial charge in [0, 0.05) is 32.8 Å². The Morgan fingerprint density at radius 3 is 3.00 bits per heavy atom. The van der Waals surface area contributed by atoms with E-state index in [1.54, 1.807) is 13.2 Å². The number of methoxy groups -OCH3 is 1. The van der Waals surface area contributed by atoms with E-state index in [0.717, 1.165) is 18.9 Å². The van der Waals surface area contributed by atoms with Crippen molar-refractivity contribution in [2.75, 3.05) is 57.2 Å². The average molecular weight is 347 g/mol. The largest absolute Gasteiger partial charge is 0.383 e. The molecule has 22 heavy (non-hydrogen) atoms. The molecule has 1 saturated heterocycles. The van der Waals surface area contributed by atoms with Crippen LogP contribution in [0.1, 0.15) is 0 Å². The van der Waals surface area contributed by atoms with Gasteiger partial charge in [-0.1, -0.05) is 23.4 Å². The van der Waals surface area contributed by atoms with E-state index in [2.05, 4.69) is 20.2 Å². The predicted octanol–water partition coefficient (Wildman–Crippen LogP) is 0.821. The van der Waals surface area contributed by atoms with Crippen LogP contribution < -0.4 is 10.2 Å². The Morgan fingerprint density at radius 1 is 1.50 bits per heavy atom. The van der Waals surface area contributed by atoms with Gasteiger partial charge in [0.05, 0.1) is 25.6 Å². The van der Waals surface area contributed by atoms with Crippen molar-refractivity contribution in [2.24, 2.45) is 0 Å². The molecule has 0 atom stereocenters. The smallest absolute Gasteiger partial charge is 0.230 e. The van der Waals surface area contributed by atoms with E-state index in [-0.39, 0.29) is 11.7 Å². The number of carbonyl (C=O) groups excluding carboxylic acids is 1. The SMILES string of the molecule is COCCNC(=O)CSc1nc(Cl)cc(N2CCOCC2)n1. The van der Waals surface area contributed by atoms with Crippen LogP contribution in [0, 0.1) is 0 Å². The van der Waals surface area contributed by atoms with Gasteiger partial charge >= 0.3 is 0 Å². The van der Waals surface area contributed by atoms with Crippen LogP contribution in [-0.4, -0.2) is 68.2 Å². The molecular weight excluding hydrogens is 328 g/mol. The maximum Gasteiger partial charge on any atom is 0.230 e. The van der Waals surface area contributed by atoms with E-state index in [4.69, 9.17) is 21.1 Å². The van der Waals surface area contributed by atoms with E-state index < -0.39 is 0 Å². The number of aromatic nitrogens is 2. The minimum Gasteiger partial charge on any atom is -0.383 e. The fourth-order valence-electron chi connectivity index (χ4n) is 1.88. The zero-order valence-electron chi connectivity index (χ0n) is 12.4. The van der Waals surface area contributed by atoms with Gasteiger partial charge in [0.2, 0.25) is 5.91 Å². The quantitative estimate of drug-likeness (QED) is 0.339. The Kier molecular flexibility index (Phi) is 7.17. The number of hydrogen-bond donors (Lipinski definition) is 1. The predicted molar refractivity (Wildman–Crippen MR) is 85.7 cm³/mol. The van der Waals surface area contributed by atoms with Gasteiger partial charge < -0.3 is 19.7 Å². The third-order valence-electron chi connectivity index (χ3n) is 2.96. The second-order valence-corrected chi connectivity index (χ2v) is 5.89. The van der Waals surface area contributed by atoms with Gasteiger partial charge in [-0.05, 0) is 0 Å². The Morgan fingerprint density at radius 2 is 2.27 bits per heavy atom. The number of ether oxygens (including phenoxy) is 2. The van der Waals surface area contributed by atoms with Gasteiger partial charge in [-0.25, -0.2) is 9.97 Å². The van der Waals surface area contributed by atoms with E-state index in [9.17, 15) is 4.79 Å². The number of morpholine rings is 1. The number of nitrogens with zero attached hydrogens (tertiary/aromatic N) is 3.